The number of rotatable bonds is 6. The second-order valence-electron chi connectivity index (χ2n) is 7.28. The number of cyclic esters (lactones) is 1. The zero-order valence-electron chi connectivity index (χ0n) is 17.2. The predicted octanol–water partition coefficient (Wildman–Crippen LogP) is 3.00. The van der Waals surface area contributed by atoms with Crippen molar-refractivity contribution in [2.24, 2.45) is 0 Å². The third-order valence-corrected chi connectivity index (χ3v) is 6.61. The molecule has 174 valence electrons. The number of hydrogen-bond donors (Lipinski definition) is 0. The molecule has 12 heteroatoms. The first kappa shape index (κ1) is 23.5. The van der Waals surface area contributed by atoms with E-state index in [4.69, 9.17) is 32.7 Å². The Morgan fingerprint density at radius 3 is 2.39 bits per heavy atom. The number of amides is 4. The molecule has 33 heavy (non-hydrogen) atoms. The van der Waals surface area contributed by atoms with E-state index in [-0.39, 0.29) is 30.5 Å². The van der Waals surface area contributed by atoms with E-state index in [1.165, 1.54) is 11.0 Å². The average Bonchev–Trinajstić information content (AvgIpc) is 3.42. The molecule has 4 rings (SSSR count). The summed E-state index contributed by atoms with van der Waals surface area (Å²) in [5, 5.41) is 0. The van der Waals surface area contributed by atoms with E-state index >= 15 is 0 Å². The van der Waals surface area contributed by atoms with Gasteiger partial charge in [-0.25, -0.2) is 4.79 Å². The summed E-state index contributed by atoms with van der Waals surface area (Å²) in [6.07, 6.45) is -1.33. The van der Waals surface area contributed by atoms with Crippen LogP contribution in [0.1, 0.15) is 9.67 Å². The first-order valence-corrected chi connectivity index (χ1v) is 11.7. The highest BCUT2D eigenvalue weighted by molar-refractivity contribution is 7.18. The van der Waals surface area contributed by atoms with E-state index in [1.807, 2.05) is 0 Å². The first-order chi connectivity index (χ1) is 15.9. The Balaban J connectivity index is 1.45. The molecule has 0 bridgehead atoms. The molecule has 0 aliphatic carbocycles. The number of carbonyl (C=O) groups excluding carboxylic acids is 4. The van der Waals surface area contributed by atoms with Gasteiger partial charge >= 0.3 is 6.09 Å². The molecule has 1 atom stereocenters. The van der Waals surface area contributed by atoms with Crippen LogP contribution in [0.15, 0.2) is 36.4 Å². The zero-order chi connectivity index (χ0) is 23.5. The molecule has 1 aromatic heterocycles. The molecule has 2 aliphatic heterocycles. The van der Waals surface area contributed by atoms with Gasteiger partial charge in [-0.3, -0.25) is 24.2 Å². The van der Waals surface area contributed by atoms with Crippen LogP contribution in [0.3, 0.4) is 0 Å². The number of benzene rings is 1. The van der Waals surface area contributed by atoms with Gasteiger partial charge in [0.25, 0.3) is 11.8 Å². The molecule has 0 N–H and O–H groups in total. The van der Waals surface area contributed by atoms with Crippen molar-refractivity contribution in [3.63, 3.8) is 0 Å². The number of ether oxygens (including phenoxy) is 2. The first-order valence-electron chi connectivity index (χ1n) is 9.99. The third kappa shape index (κ3) is 5.14. The molecule has 0 unspecified atom stereocenters. The maximum atomic E-state index is 12.8. The monoisotopic (exact) mass is 511 g/mol. The fourth-order valence-electron chi connectivity index (χ4n) is 3.57. The molecule has 2 fully saturated rings. The Kier molecular flexibility index (Phi) is 7.18. The van der Waals surface area contributed by atoms with Gasteiger partial charge in [-0.15, -0.1) is 22.9 Å². The van der Waals surface area contributed by atoms with Gasteiger partial charge in [0, 0.05) is 17.9 Å². The molecule has 9 nitrogen and oxygen atoms in total. The maximum Gasteiger partial charge on any atom is 0.414 e. The van der Waals surface area contributed by atoms with Crippen LogP contribution in [-0.2, 0) is 19.1 Å². The minimum Gasteiger partial charge on any atom is -0.442 e. The summed E-state index contributed by atoms with van der Waals surface area (Å²) in [4.78, 5) is 53.9. The molecule has 2 saturated heterocycles. The lowest BCUT2D eigenvalue weighted by molar-refractivity contribution is -0.127. The molecule has 2 aliphatic rings. The Morgan fingerprint density at radius 1 is 1.09 bits per heavy atom. The van der Waals surface area contributed by atoms with Gasteiger partial charge in [-0.1, -0.05) is 11.6 Å². The van der Waals surface area contributed by atoms with Gasteiger partial charge in [-0.2, -0.15) is 0 Å². The van der Waals surface area contributed by atoms with Crippen molar-refractivity contribution in [2.45, 2.75) is 6.10 Å². The highest BCUT2D eigenvalue weighted by atomic mass is 35.5. The third-order valence-electron chi connectivity index (χ3n) is 5.16. The van der Waals surface area contributed by atoms with Crippen LogP contribution in [-0.4, -0.2) is 73.5 Å². The average molecular weight is 512 g/mol. The van der Waals surface area contributed by atoms with Gasteiger partial charge in [0.2, 0.25) is 5.91 Å². The summed E-state index contributed by atoms with van der Waals surface area (Å²) in [6, 6.07) is 10.00. The number of carbonyl (C=O) groups is 4. The van der Waals surface area contributed by atoms with Crippen LogP contribution in [0.25, 0.3) is 0 Å². The lowest BCUT2D eigenvalue weighted by atomic mass is 10.2. The molecular weight excluding hydrogens is 493 g/mol. The van der Waals surface area contributed by atoms with Crippen LogP contribution in [0.5, 0.6) is 0 Å². The van der Waals surface area contributed by atoms with Crippen LogP contribution in [0.4, 0.5) is 16.2 Å². The topological polar surface area (TPSA) is 96.5 Å². The van der Waals surface area contributed by atoms with Gasteiger partial charge in [0.1, 0.15) is 18.6 Å². The van der Waals surface area contributed by atoms with Gasteiger partial charge < -0.3 is 14.4 Å². The van der Waals surface area contributed by atoms with Gasteiger partial charge in [-0.05, 0) is 36.4 Å². The lowest BCUT2D eigenvalue weighted by Crippen LogP contribution is -2.43. The lowest BCUT2D eigenvalue weighted by Gasteiger charge is -2.27. The van der Waals surface area contributed by atoms with E-state index in [0.717, 1.165) is 16.2 Å². The zero-order valence-corrected chi connectivity index (χ0v) is 19.6. The number of thiophene rings is 1. The minimum absolute atomic E-state index is 0.0375. The van der Waals surface area contributed by atoms with Crippen molar-refractivity contribution in [3.05, 3.63) is 45.6 Å². The Bertz CT molecular complexity index is 1080. The fraction of sp³-hybridized carbons (Fsp3) is 0.333. The highest BCUT2D eigenvalue weighted by Crippen LogP contribution is 2.27. The molecule has 2 aromatic rings. The van der Waals surface area contributed by atoms with Gasteiger partial charge in [0.15, 0.2) is 0 Å². The van der Waals surface area contributed by atoms with E-state index in [0.29, 0.717) is 28.9 Å². The molecule has 0 radical (unpaired) electrons. The van der Waals surface area contributed by atoms with Crippen molar-refractivity contribution in [1.82, 2.24) is 4.90 Å². The largest absolute Gasteiger partial charge is 0.442 e. The van der Waals surface area contributed by atoms with Crippen LogP contribution < -0.4 is 9.80 Å². The molecule has 0 spiro atoms. The van der Waals surface area contributed by atoms with Crippen molar-refractivity contribution in [3.8, 4) is 0 Å². The van der Waals surface area contributed by atoms with Crippen LogP contribution >= 0.6 is 34.5 Å². The normalized spacial score (nSPS) is 18.4. The highest BCUT2D eigenvalue weighted by Gasteiger charge is 2.36. The molecule has 0 saturated carbocycles. The maximum absolute atomic E-state index is 12.8. The smallest absolute Gasteiger partial charge is 0.414 e. The predicted molar refractivity (Wildman–Crippen MR) is 123 cm³/mol. The van der Waals surface area contributed by atoms with E-state index < -0.39 is 29.9 Å². The second-order valence-corrected chi connectivity index (χ2v) is 9.26. The fourth-order valence-corrected chi connectivity index (χ4v) is 4.70. The Labute approximate surface area is 203 Å². The number of hydrogen-bond acceptors (Lipinski definition) is 7. The number of imide groups is 1. The van der Waals surface area contributed by atoms with E-state index in [9.17, 15) is 19.2 Å². The van der Waals surface area contributed by atoms with E-state index in [2.05, 4.69) is 0 Å². The summed E-state index contributed by atoms with van der Waals surface area (Å²) >= 11 is 12.6. The summed E-state index contributed by atoms with van der Waals surface area (Å²) in [5.74, 6) is -1.67. The van der Waals surface area contributed by atoms with Gasteiger partial charge in [0.05, 0.1) is 28.9 Å². The molecule has 3 heterocycles. The van der Waals surface area contributed by atoms with Crippen LogP contribution in [0, 0.1) is 0 Å². The van der Waals surface area contributed by atoms with Crippen molar-refractivity contribution < 1.29 is 28.7 Å². The van der Waals surface area contributed by atoms with E-state index in [1.54, 1.807) is 35.2 Å². The summed E-state index contributed by atoms with van der Waals surface area (Å²) < 4.78 is 11.0. The Morgan fingerprint density at radius 2 is 1.79 bits per heavy atom. The molecule has 4 amide bonds. The summed E-state index contributed by atoms with van der Waals surface area (Å²) in [7, 11) is 0. The van der Waals surface area contributed by atoms with Crippen LogP contribution in [0.2, 0.25) is 4.34 Å². The van der Waals surface area contributed by atoms with Crippen molar-refractivity contribution in [2.75, 3.05) is 48.5 Å². The quantitative estimate of drug-likeness (QED) is 0.553. The standard InChI is InChI=1S/C21H19Cl2N3O6S/c22-9-18(27)26(20(29)16-5-6-17(23)33-16)11-15-10-25(21(30)32-15)14-3-1-13(2-4-14)24-7-8-31-12-19(24)28/h1-6,15H,7-12H2/t15-/m1/s1. The number of morpholine rings is 1. The number of nitrogens with zero attached hydrogens (tertiary/aromatic N) is 3. The molecule has 1 aromatic carbocycles. The number of anilines is 2. The minimum atomic E-state index is -0.732. The molecular formula is C21H19Cl2N3O6S. The summed E-state index contributed by atoms with van der Waals surface area (Å²) in [5.41, 5.74) is 1.27. The second kappa shape index (κ2) is 10.1. The number of halogens is 2. The van der Waals surface area contributed by atoms with Crippen molar-refractivity contribution in [1.29, 1.82) is 0 Å². The summed E-state index contributed by atoms with van der Waals surface area (Å²) in [6.45, 7) is 0.957. The van der Waals surface area contributed by atoms with Crippen molar-refractivity contribution >= 4 is 69.7 Å². The Hall–Kier alpha value is -2.66. The SMILES string of the molecule is O=C(CCl)N(C[C@H]1CN(c2ccc(N3CCOCC3=O)cc2)C(=O)O1)C(=O)c1ccc(Cl)s1. The number of alkyl halides is 1.